The van der Waals surface area contributed by atoms with Crippen LogP contribution in [0.3, 0.4) is 0 Å². The lowest BCUT2D eigenvalue weighted by atomic mass is 9.61. The maximum absolute atomic E-state index is 12.5. The molecule has 2 N–H and O–H groups in total. The highest BCUT2D eigenvalue weighted by Crippen LogP contribution is 2.53. The van der Waals surface area contributed by atoms with Gasteiger partial charge in [0.25, 0.3) is 5.89 Å². The van der Waals surface area contributed by atoms with Gasteiger partial charge in [0, 0.05) is 48.1 Å². The van der Waals surface area contributed by atoms with Gasteiger partial charge >= 0.3 is 0 Å². The van der Waals surface area contributed by atoms with E-state index >= 15 is 0 Å². The van der Waals surface area contributed by atoms with Crippen molar-refractivity contribution in [3.05, 3.63) is 65.3 Å². The van der Waals surface area contributed by atoms with Crippen molar-refractivity contribution in [1.29, 1.82) is 0 Å². The zero-order chi connectivity index (χ0) is 24.3. The third kappa shape index (κ3) is 3.85. The fourth-order valence-electron chi connectivity index (χ4n) is 5.10. The van der Waals surface area contributed by atoms with Crippen molar-refractivity contribution in [3.8, 4) is 11.4 Å². The summed E-state index contributed by atoms with van der Waals surface area (Å²) in [6.07, 6.45) is 5.89. The smallest absolute Gasteiger partial charge is 0.258 e. The Hall–Kier alpha value is -2.61. The Morgan fingerprint density at radius 3 is 2.29 bits per heavy atom. The summed E-state index contributed by atoms with van der Waals surface area (Å²) in [5, 5.41) is 26.8. The fourth-order valence-corrected chi connectivity index (χ4v) is 5.10. The summed E-state index contributed by atoms with van der Waals surface area (Å²) in [5.74, 6) is 0.890. The zero-order valence-electron chi connectivity index (χ0n) is 20.6. The predicted molar refractivity (Wildman–Crippen MR) is 129 cm³/mol. The topological polar surface area (TPSA) is 95.5 Å². The summed E-state index contributed by atoms with van der Waals surface area (Å²) in [6.45, 7) is 11.4. The van der Waals surface area contributed by atoms with Crippen molar-refractivity contribution >= 4 is 0 Å². The number of rotatable bonds is 7. The van der Waals surface area contributed by atoms with Crippen molar-refractivity contribution in [2.24, 2.45) is 5.41 Å². The Morgan fingerprint density at radius 2 is 1.74 bits per heavy atom. The molecule has 1 aromatic carbocycles. The first-order valence-corrected chi connectivity index (χ1v) is 12.1. The van der Waals surface area contributed by atoms with Gasteiger partial charge in [0.05, 0.1) is 0 Å². The molecule has 2 aromatic heterocycles. The minimum Gasteiger partial charge on any atom is -0.381 e. The van der Waals surface area contributed by atoms with Crippen LogP contribution in [0.2, 0.25) is 0 Å². The SMILES string of the molecule is CC(C)c1ccc(C(O)(c2cncc(-c3noc(C(C)(C)O)n3)c2)C2(C)CN(C3CC3)C2)cc1. The molecule has 3 heterocycles. The summed E-state index contributed by atoms with van der Waals surface area (Å²) in [7, 11) is 0. The zero-order valence-corrected chi connectivity index (χ0v) is 20.6. The second-order valence-corrected chi connectivity index (χ2v) is 11.1. The van der Waals surface area contributed by atoms with Gasteiger partial charge in [-0.15, -0.1) is 0 Å². The number of aliphatic hydroxyl groups is 2. The molecule has 0 bridgehead atoms. The van der Waals surface area contributed by atoms with Crippen LogP contribution in [0.25, 0.3) is 11.4 Å². The van der Waals surface area contributed by atoms with Crippen molar-refractivity contribution in [2.45, 2.75) is 70.6 Å². The highest BCUT2D eigenvalue weighted by molar-refractivity contribution is 5.56. The second-order valence-electron chi connectivity index (χ2n) is 11.1. The molecular weight excluding hydrogens is 428 g/mol. The van der Waals surface area contributed by atoms with Crippen LogP contribution in [0.1, 0.15) is 76.0 Å². The van der Waals surface area contributed by atoms with Crippen molar-refractivity contribution in [2.75, 3.05) is 13.1 Å². The summed E-state index contributed by atoms with van der Waals surface area (Å²) >= 11 is 0. The van der Waals surface area contributed by atoms with Crippen LogP contribution >= 0.6 is 0 Å². The Balaban J connectivity index is 1.57. The number of hydrogen-bond donors (Lipinski definition) is 2. The van der Waals surface area contributed by atoms with E-state index in [0.29, 0.717) is 28.9 Å². The molecule has 2 aliphatic rings. The van der Waals surface area contributed by atoms with Crippen molar-refractivity contribution < 1.29 is 14.7 Å². The molecular formula is C27H34N4O3. The molecule has 1 aliphatic carbocycles. The Kier molecular flexibility index (Phi) is 5.43. The average molecular weight is 463 g/mol. The van der Waals surface area contributed by atoms with Crippen LogP contribution < -0.4 is 0 Å². The molecule has 2 fully saturated rings. The monoisotopic (exact) mass is 462 g/mol. The molecule has 3 aromatic rings. The van der Waals surface area contributed by atoms with Gasteiger partial charge in [0.15, 0.2) is 0 Å². The standard InChI is InChI=1S/C27H34N4O3/c1-17(2)18-6-8-20(9-7-18)27(33,26(5)15-31(16-26)22-10-11-22)21-12-19(13-28-14-21)23-29-24(34-30-23)25(3,4)32/h6-9,12-14,17,22,32-33H,10-11,15-16H2,1-5H3. The van der Waals surface area contributed by atoms with Crippen LogP contribution in [-0.2, 0) is 11.2 Å². The first-order valence-electron chi connectivity index (χ1n) is 12.1. The number of benzene rings is 1. The molecule has 5 rings (SSSR count). The third-order valence-corrected chi connectivity index (χ3v) is 7.40. The maximum atomic E-state index is 12.5. The number of pyridine rings is 1. The van der Waals surface area contributed by atoms with Crippen molar-refractivity contribution in [1.82, 2.24) is 20.0 Å². The Morgan fingerprint density at radius 1 is 1.06 bits per heavy atom. The van der Waals surface area contributed by atoms with Gasteiger partial charge in [-0.05, 0) is 49.8 Å². The summed E-state index contributed by atoms with van der Waals surface area (Å²) in [6, 6.07) is 10.9. The molecule has 1 unspecified atom stereocenters. The van der Waals surface area contributed by atoms with Gasteiger partial charge in [-0.2, -0.15) is 4.98 Å². The van der Waals surface area contributed by atoms with Gasteiger partial charge in [-0.25, -0.2) is 0 Å². The quantitative estimate of drug-likeness (QED) is 0.543. The molecule has 7 heteroatoms. The summed E-state index contributed by atoms with van der Waals surface area (Å²) in [4.78, 5) is 11.3. The average Bonchev–Trinajstić information content (AvgIpc) is 3.49. The van der Waals surface area contributed by atoms with E-state index < -0.39 is 11.2 Å². The molecule has 1 aliphatic heterocycles. The minimum absolute atomic E-state index is 0.137. The lowest BCUT2D eigenvalue weighted by Crippen LogP contribution is -2.65. The predicted octanol–water partition coefficient (Wildman–Crippen LogP) is 4.20. The molecule has 0 radical (unpaired) electrons. The van der Waals surface area contributed by atoms with Crippen molar-refractivity contribution in [3.63, 3.8) is 0 Å². The molecule has 7 nitrogen and oxygen atoms in total. The summed E-state index contributed by atoms with van der Waals surface area (Å²) < 4.78 is 5.27. The normalized spacial score (nSPS) is 20.2. The van der Waals surface area contributed by atoms with E-state index in [2.05, 4.69) is 52.9 Å². The molecule has 1 saturated carbocycles. The molecule has 1 saturated heterocycles. The number of hydrogen-bond acceptors (Lipinski definition) is 7. The van der Waals surface area contributed by atoms with E-state index in [9.17, 15) is 10.2 Å². The van der Waals surface area contributed by atoms with E-state index in [0.717, 1.165) is 18.7 Å². The van der Waals surface area contributed by atoms with E-state index in [4.69, 9.17) is 4.52 Å². The van der Waals surface area contributed by atoms with E-state index in [-0.39, 0.29) is 11.3 Å². The van der Waals surface area contributed by atoms with Gasteiger partial charge < -0.3 is 14.7 Å². The van der Waals surface area contributed by atoms with Gasteiger partial charge in [-0.3, -0.25) is 9.88 Å². The first kappa shape index (κ1) is 23.1. The first-order chi connectivity index (χ1) is 16.0. The minimum atomic E-state index is -1.24. The Bertz CT molecular complexity index is 1170. The summed E-state index contributed by atoms with van der Waals surface area (Å²) in [5.41, 5.74) is 0.595. The second kappa shape index (κ2) is 7.97. The van der Waals surface area contributed by atoms with E-state index in [1.54, 1.807) is 26.2 Å². The molecule has 1 atom stereocenters. The molecule has 180 valence electrons. The third-order valence-electron chi connectivity index (χ3n) is 7.40. The lowest BCUT2D eigenvalue weighted by Gasteiger charge is -2.57. The molecule has 0 spiro atoms. The van der Waals surface area contributed by atoms with Crippen LogP contribution in [0.15, 0.2) is 47.2 Å². The molecule has 0 amide bonds. The van der Waals surface area contributed by atoms with Crippen LogP contribution in [0.5, 0.6) is 0 Å². The number of likely N-dealkylation sites (tertiary alicyclic amines) is 1. The molecule has 34 heavy (non-hydrogen) atoms. The van der Waals surface area contributed by atoms with E-state index in [1.165, 1.54) is 18.4 Å². The van der Waals surface area contributed by atoms with Crippen LogP contribution in [0, 0.1) is 5.41 Å². The van der Waals surface area contributed by atoms with Gasteiger partial charge in [0.2, 0.25) is 5.82 Å². The highest BCUT2D eigenvalue weighted by Gasteiger charge is 2.58. The van der Waals surface area contributed by atoms with Gasteiger partial charge in [0.1, 0.15) is 11.2 Å². The maximum Gasteiger partial charge on any atom is 0.258 e. The van der Waals surface area contributed by atoms with Crippen LogP contribution in [0.4, 0.5) is 0 Å². The number of aromatic nitrogens is 3. The van der Waals surface area contributed by atoms with E-state index in [1.807, 2.05) is 18.2 Å². The Labute approximate surface area is 200 Å². The number of nitrogens with zero attached hydrogens (tertiary/aromatic N) is 4. The van der Waals surface area contributed by atoms with Crippen LogP contribution in [-0.4, -0.2) is 49.4 Å². The largest absolute Gasteiger partial charge is 0.381 e. The van der Waals surface area contributed by atoms with Gasteiger partial charge in [-0.1, -0.05) is 50.2 Å². The fraction of sp³-hybridized carbons (Fsp3) is 0.519. The lowest BCUT2D eigenvalue weighted by molar-refractivity contribution is -0.138. The highest BCUT2D eigenvalue weighted by atomic mass is 16.5.